The fourth-order valence-electron chi connectivity index (χ4n) is 6.64. The third-order valence-corrected chi connectivity index (χ3v) is 9.79. The summed E-state index contributed by atoms with van der Waals surface area (Å²) in [6, 6.07) is 28.4. The molecule has 1 aromatic heterocycles. The zero-order chi connectivity index (χ0) is 42.0. The number of ketones is 2. The summed E-state index contributed by atoms with van der Waals surface area (Å²) in [6.45, 7) is 10.1. The van der Waals surface area contributed by atoms with Crippen LogP contribution in [0.25, 0.3) is 21.8 Å². The van der Waals surface area contributed by atoms with E-state index >= 15 is 0 Å². The molecular weight excluding hydrogens is 751 g/mol. The highest BCUT2D eigenvalue weighted by atomic mass is 16.7. The molecule has 5 rings (SSSR count). The van der Waals surface area contributed by atoms with E-state index in [4.69, 9.17) is 19.1 Å². The maximum absolute atomic E-state index is 14.1. The molecule has 310 valence electrons. The molecule has 0 radical (unpaired) electrons. The zero-order valence-electron chi connectivity index (χ0n) is 34.2. The van der Waals surface area contributed by atoms with Crippen molar-refractivity contribution in [1.82, 2.24) is 4.57 Å². The largest absolute Gasteiger partial charge is 0.437 e. The van der Waals surface area contributed by atoms with Crippen LogP contribution < -0.4 is 10.6 Å². The first-order valence-electron chi connectivity index (χ1n) is 20.3. The summed E-state index contributed by atoms with van der Waals surface area (Å²) in [5.74, 6) is -0.458. The number of hydrogen-bond donors (Lipinski definition) is 2. The number of carbonyl (C=O) groups is 4. The van der Waals surface area contributed by atoms with Crippen LogP contribution >= 0.6 is 0 Å². The second-order valence-electron chi connectivity index (χ2n) is 13.9. The number of nitrogens with zero attached hydrogens (tertiary/aromatic N) is 3. The molecule has 0 fully saturated rings. The number of Topliss-reactive ketones (excluding diaryl/α,β-unsaturated/α-hetero) is 2. The number of ether oxygens (including phenoxy) is 2. The second-order valence-corrected chi connectivity index (χ2v) is 13.9. The molecule has 1 heterocycles. The van der Waals surface area contributed by atoms with E-state index in [0.717, 1.165) is 54.0 Å². The fraction of sp³-hybridized carbons (Fsp3) is 0.348. The van der Waals surface area contributed by atoms with Gasteiger partial charge in [0.2, 0.25) is 11.6 Å². The Bertz CT molecular complexity index is 2100. The van der Waals surface area contributed by atoms with Gasteiger partial charge in [0.15, 0.2) is 0 Å². The standard InChI is InChI=1S/C46H53N5O8/c1-5-9-16-32(6-2)31-51-41-23-21-33(43(52)39(25-27-56-7-3)49-58-45(54)47-35-17-12-10-13-18-35)29-37(41)38-30-34(22-24-42(38)51)44(53)40(26-28-57-8-4)50-59-46(55)48-36-19-14-11-15-20-36/h10-15,17-24,29-30,32H,5-9,16,25-28,31H2,1-4H3,(H,47,54)(H,48,55)/b49-39+,50-40+. The highest BCUT2D eigenvalue weighted by Crippen LogP contribution is 2.33. The van der Waals surface area contributed by atoms with E-state index in [-0.39, 0.29) is 37.5 Å². The minimum Gasteiger partial charge on any atom is -0.381 e. The van der Waals surface area contributed by atoms with Crippen LogP contribution in [0.5, 0.6) is 0 Å². The number of unbranched alkanes of at least 4 members (excludes halogenated alkanes) is 1. The van der Waals surface area contributed by atoms with E-state index in [0.29, 0.717) is 41.6 Å². The SMILES string of the molecule is CCCCC(CC)Cn1c2ccc(C(=O)/C(CCOCC)=N/OC(=O)Nc3ccccc3)cc2c2cc(C(=O)/C(CCOCC)=N/OC(=O)Nc3ccccc3)ccc21. The van der Waals surface area contributed by atoms with E-state index in [2.05, 4.69) is 39.4 Å². The molecule has 0 bridgehead atoms. The van der Waals surface area contributed by atoms with Gasteiger partial charge in [-0.3, -0.25) is 29.9 Å². The van der Waals surface area contributed by atoms with Crippen LogP contribution in [0, 0.1) is 5.92 Å². The third kappa shape index (κ3) is 12.4. The molecule has 59 heavy (non-hydrogen) atoms. The number of amides is 2. The maximum Gasteiger partial charge on any atom is 0.437 e. The Balaban J connectivity index is 1.53. The van der Waals surface area contributed by atoms with E-state index in [1.165, 1.54) is 0 Å². The molecule has 2 N–H and O–H groups in total. The predicted molar refractivity (Wildman–Crippen MR) is 232 cm³/mol. The van der Waals surface area contributed by atoms with Gasteiger partial charge in [0.05, 0.1) is 13.2 Å². The number of anilines is 2. The van der Waals surface area contributed by atoms with Gasteiger partial charge in [-0.15, -0.1) is 0 Å². The minimum absolute atomic E-state index is 0.0117. The molecule has 0 saturated carbocycles. The number of para-hydroxylation sites is 2. The van der Waals surface area contributed by atoms with E-state index in [1.807, 2.05) is 38.1 Å². The van der Waals surface area contributed by atoms with Crippen molar-refractivity contribution in [2.75, 3.05) is 37.1 Å². The van der Waals surface area contributed by atoms with Crippen molar-refractivity contribution in [3.63, 3.8) is 0 Å². The van der Waals surface area contributed by atoms with Gasteiger partial charge in [0.1, 0.15) is 11.4 Å². The van der Waals surface area contributed by atoms with Gasteiger partial charge in [0, 0.05) is 76.9 Å². The van der Waals surface area contributed by atoms with Crippen LogP contribution in [0.1, 0.15) is 86.9 Å². The number of carbonyl (C=O) groups excluding carboxylic acids is 4. The Labute approximate surface area is 344 Å². The summed E-state index contributed by atoms with van der Waals surface area (Å²) >= 11 is 0. The Kier molecular flexibility index (Phi) is 16.9. The van der Waals surface area contributed by atoms with Crippen LogP contribution in [-0.2, 0) is 25.7 Å². The van der Waals surface area contributed by atoms with E-state index in [1.54, 1.807) is 72.8 Å². The van der Waals surface area contributed by atoms with Crippen LogP contribution in [0.15, 0.2) is 107 Å². The molecule has 4 aromatic carbocycles. The number of oxime groups is 2. The molecule has 0 aliphatic rings. The van der Waals surface area contributed by atoms with Gasteiger partial charge in [-0.2, -0.15) is 0 Å². The molecule has 1 unspecified atom stereocenters. The lowest BCUT2D eigenvalue weighted by molar-refractivity contribution is 0.104. The quantitative estimate of drug-likeness (QED) is 0.0230. The number of nitrogens with one attached hydrogen (secondary N) is 2. The number of hydrogen-bond acceptors (Lipinski definition) is 10. The molecule has 0 aliphatic carbocycles. The zero-order valence-corrected chi connectivity index (χ0v) is 34.2. The van der Waals surface area contributed by atoms with Gasteiger partial charge < -0.3 is 14.0 Å². The van der Waals surface area contributed by atoms with Crippen molar-refractivity contribution in [2.45, 2.75) is 72.8 Å². The van der Waals surface area contributed by atoms with Gasteiger partial charge in [-0.1, -0.05) is 79.8 Å². The van der Waals surface area contributed by atoms with E-state index < -0.39 is 23.8 Å². The van der Waals surface area contributed by atoms with Gasteiger partial charge in [-0.25, -0.2) is 9.59 Å². The smallest absolute Gasteiger partial charge is 0.381 e. The lowest BCUT2D eigenvalue weighted by Crippen LogP contribution is -2.19. The lowest BCUT2D eigenvalue weighted by Gasteiger charge is -2.17. The van der Waals surface area contributed by atoms with Crippen LogP contribution in [0.3, 0.4) is 0 Å². The molecule has 1 atom stereocenters. The Hall–Kier alpha value is -6.18. The first-order valence-corrected chi connectivity index (χ1v) is 20.3. The highest BCUT2D eigenvalue weighted by molar-refractivity contribution is 6.47. The molecular formula is C46H53N5O8. The number of rotatable bonds is 22. The first kappa shape index (κ1) is 43.9. The number of benzene rings is 4. The topological polar surface area (TPSA) is 159 Å². The summed E-state index contributed by atoms with van der Waals surface area (Å²) in [5.41, 5.74) is 3.50. The van der Waals surface area contributed by atoms with Gasteiger partial charge >= 0.3 is 12.2 Å². The summed E-state index contributed by atoms with van der Waals surface area (Å²) < 4.78 is 13.3. The molecule has 13 heteroatoms. The summed E-state index contributed by atoms with van der Waals surface area (Å²) in [7, 11) is 0. The molecule has 2 amide bonds. The van der Waals surface area contributed by atoms with Crippen molar-refractivity contribution in [2.24, 2.45) is 16.2 Å². The van der Waals surface area contributed by atoms with Crippen LogP contribution in [-0.4, -0.2) is 66.2 Å². The number of fused-ring (bicyclic) bond motifs is 3. The molecule has 13 nitrogen and oxygen atoms in total. The Morgan fingerprint density at radius 1 is 0.627 bits per heavy atom. The molecule has 5 aromatic rings. The Morgan fingerprint density at radius 3 is 1.49 bits per heavy atom. The molecule has 0 spiro atoms. The van der Waals surface area contributed by atoms with Crippen molar-refractivity contribution < 1.29 is 38.3 Å². The monoisotopic (exact) mass is 803 g/mol. The average molecular weight is 804 g/mol. The Morgan fingerprint density at radius 2 is 1.08 bits per heavy atom. The molecule has 0 saturated heterocycles. The fourth-order valence-corrected chi connectivity index (χ4v) is 6.64. The van der Waals surface area contributed by atoms with Crippen LogP contribution in [0.4, 0.5) is 21.0 Å². The van der Waals surface area contributed by atoms with Crippen molar-refractivity contribution in [3.8, 4) is 0 Å². The van der Waals surface area contributed by atoms with Crippen LogP contribution in [0.2, 0.25) is 0 Å². The van der Waals surface area contributed by atoms with E-state index in [9.17, 15) is 19.2 Å². The summed E-state index contributed by atoms with van der Waals surface area (Å²) in [4.78, 5) is 63.8. The highest BCUT2D eigenvalue weighted by Gasteiger charge is 2.23. The maximum atomic E-state index is 14.1. The van der Waals surface area contributed by atoms with Gasteiger partial charge in [0.25, 0.3) is 0 Å². The normalized spacial score (nSPS) is 12.3. The van der Waals surface area contributed by atoms with Crippen molar-refractivity contribution in [3.05, 3.63) is 108 Å². The minimum atomic E-state index is -0.839. The number of aromatic nitrogens is 1. The summed E-state index contributed by atoms with van der Waals surface area (Å²) in [5, 5.41) is 14.7. The van der Waals surface area contributed by atoms with Gasteiger partial charge in [-0.05, 0) is 86.8 Å². The second kappa shape index (κ2) is 22.7. The average Bonchev–Trinajstić information content (AvgIpc) is 3.56. The lowest BCUT2D eigenvalue weighted by atomic mass is 9.99. The first-order chi connectivity index (χ1) is 28.8. The van der Waals surface area contributed by atoms with Crippen molar-refractivity contribution >= 4 is 68.4 Å². The predicted octanol–water partition coefficient (Wildman–Crippen LogP) is 10.4. The summed E-state index contributed by atoms with van der Waals surface area (Å²) in [6.07, 6.45) is 2.79. The van der Waals surface area contributed by atoms with Crippen molar-refractivity contribution in [1.29, 1.82) is 0 Å². The molecule has 0 aliphatic heterocycles. The third-order valence-electron chi connectivity index (χ3n) is 9.79.